The number of hydrogen-bond acceptors (Lipinski definition) is 5. The van der Waals surface area contributed by atoms with Gasteiger partial charge in [-0.25, -0.2) is 9.69 Å². The van der Waals surface area contributed by atoms with Crippen molar-refractivity contribution in [2.75, 3.05) is 16.8 Å². The maximum Gasteiger partial charge on any atom is 0.338 e. The van der Waals surface area contributed by atoms with Gasteiger partial charge in [0.05, 0.1) is 17.9 Å². The van der Waals surface area contributed by atoms with Crippen molar-refractivity contribution in [2.45, 2.75) is 20.8 Å². The van der Waals surface area contributed by atoms with Gasteiger partial charge < -0.3 is 10.1 Å². The van der Waals surface area contributed by atoms with Crippen LogP contribution in [0, 0.1) is 13.8 Å². The minimum absolute atomic E-state index is 0.00328. The Morgan fingerprint density at radius 3 is 2.39 bits per heavy atom. The third-order valence-corrected chi connectivity index (χ3v) is 4.65. The van der Waals surface area contributed by atoms with Crippen LogP contribution in [0.15, 0.2) is 53.2 Å². The van der Waals surface area contributed by atoms with E-state index >= 15 is 0 Å². The summed E-state index contributed by atoms with van der Waals surface area (Å²) < 4.78 is 4.94. The highest BCUT2D eigenvalue weighted by molar-refractivity contribution is 6.53. The Labute approximate surface area is 167 Å². The van der Waals surface area contributed by atoms with Gasteiger partial charge in [0.1, 0.15) is 10.7 Å². The van der Waals surface area contributed by atoms with Crippen molar-refractivity contribution < 1.29 is 19.1 Å². The molecule has 0 spiro atoms. The lowest BCUT2D eigenvalue weighted by atomic mass is 10.1. The summed E-state index contributed by atoms with van der Waals surface area (Å²) in [5.74, 6) is -1.54. The number of benzene rings is 2. The van der Waals surface area contributed by atoms with Gasteiger partial charge in [0.2, 0.25) is 0 Å². The highest BCUT2D eigenvalue weighted by atomic mass is 35.5. The highest BCUT2D eigenvalue weighted by Crippen LogP contribution is 2.32. The standard InChI is InChI=1S/C21H19ClN2O4/c1-4-28-21(27)14-7-9-15(10-8-14)23-18-17(22)19(25)24(20(18)26)16-11-12(2)5-6-13(16)3/h5-11,23H,4H2,1-3H3. The van der Waals surface area contributed by atoms with Gasteiger partial charge in [0, 0.05) is 5.69 Å². The van der Waals surface area contributed by atoms with Crippen molar-refractivity contribution >= 4 is 40.8 Å². The molecule has 2 aromatic rings. The lowest BCUT2D eigenvalue weighted by Crippen LogP contribution is -2.32. The number of ether oxygens (including phenoxy) is 1. The van der Waals surface area contributed by atoms with Gasteiger partial charge in [0.25, 0.3) is 11.8 Å². The number of imide groups is 1. The van der Waals surface area contributed by atoms with E-state index in [1.54, 1.807) is 37.3 Å². The quantitative estimate of drug-likeness (QED) is 0.610. The van der Waals surface area contributed by atoms with Crippen molar-refractivity contribution in [1.29, 1.82) is 0 Å². The summed E-state index contributed by atoms with van der Waals surface area (Å²) in [6.07, 6.45) is 0. The molecule has 0 atom stereocenters. The van der Waals surface area contributed by atoms with E-state index in [-0.39, 0.29) is 17.3 Å². The van der Waals surface area contributed by atoms with Crippen LogP contribution in [-0.2, 0) is 14.3 Å². The molecule has 7 heteroatoms. The summed E-state index contributed by atoms with van der Waals surface area (Å²) in [5, 5.41) is 2.71. The van der Waals surface area contributed by atoms with E-state index in [0.717, 1.165) is 16.0 Å². The van der Waals surface area contributed by atoms with Crippen LogP contribution in [0.4, 0.5) is 11.4 Å². The van der Waals surface area contributed by atoms with E-state index in [2.05, 4.69) is 5.32 Å². The van der Waals surface area contributed by atoms with Crippen molar-refractivity contribution in [3.05, 3.63) is 69.9 Å². The SMILES string of the molecule is CCOC(=O)c1ccc(NC2=C(Cl)C(=O)N(c3cc(C)ccc3C)C2=O)cc1. The van der Waals surface area contributed by atoms with E-state index in [0.29, 0.717) is 16.9 Å². The Morgan fingerprint density at radius 1 is 1.07 bits per heavy atom. The van der Waals surface area contributed by atoms with Crippen molar-refractivity contribution in [2.24, 2.45) is 0 Å². The fourth-order valence-corrected chi connectivity index (χ4v) is 3.05. The van der Waals surface area contributed by atoms with Gasteiger partial charge in [-0.15, -0.1) is 0 Å². The molecule has 3 rings (SSSR count). The molecular weight excluding hydrogens is 380 g/mol. The first-order valence-electron chi connectivity index (χ1n) is 8.73. The zero-order valence-electron chi connectivity index (χ0n) is 15.7. The lowest BCUT2D eigenvalue weighted by molar-refractivity contribution is -0.120. The van der Waals surface area contributed by atoms with Gasteiger partial charge in [-0.05, 0) is 62.2 Å². The maximum atomic E-state index is 12.9. The molecule has 2 aromatic carbocycles. The first-order valence-corrected chi connectivity index (χ1v) is 9.11. The van der Waals surface area contributed by atoms with Crippen LogP contribution in [0.25, 0.3) is 0 Å². The molecule has 1 aliphatic heterocycles. The number of nitrogens with zero attached hydrogens (tertiary/aromatic N) is 1. The third kappa shape index (κ3) is 3.64. The molecule has 0 aliphatic carbocycles. The second-order valence-corrected chi connectivity index (χ2v) is 6.73. The van der Waals surface area contributed by atoms with E-state index in [9.17, 15) is 14.4 Å². The number of amides is 2. The van der Waals surface area contributed by atoms with Crippen molar-refractivity contribution in [3.8, 4) is 0 Å². The zero-order valence-corrected chi connectivity index (χ0v) is 16.5. The minimum atomic E-state index is -0.578. The second-order valence-electron chi connectivity index (χ2n) is 6.35. The largest absolute Gasteiger partial charge is 0.462 e. The molecule has 1 N–H and O–H groups in total. The fraction of sp³-hybridized carbons (Fsp3) is 0.190. The molecule has 0 saturated heterocycles. The molecule has 6 nitrogen and oxygen atoms in total. The topological polar surface area (TPSA) is 75.7 Å². The minimum Gasteiger partial charge on any atom is -0.462 e. The summed E-state index contributed by atoms with van der Waals surface area (Å²) in [7, 11) is 0. The van der Waals surface area contributed by atoms with Crippen molar-refractivity contribution in [1.82, 2.24) is 0 Å². The van der Waals surface area contributed by atoms with Crippen LogP contribution in [0.5, 0.6) is 0 Å². The number of anilines is 2. The smallest absolute Gasteiger partial charge is 0.338 e. The number of rotatable bonds is 5. The Balaban J connectivity index is 1.85. The van der Waals surface area contributed by atoms with E-state index in [4.69, 9.17) is 16.3 Å². The molecule has 0 saturated carbocycles. The number of hydrogen-bond donors (Lipinski definition) is 1. The molecular formula is C21H19ClN2O4. The summed E-state index contributed by atoms with van der Waals surface area (Å²) in [4.78, 5) is 38.3. The van der Waals surface area contributed by atoms with Gasteiger partial charge in [0.15, 0.2) is 0 Å². The first-order chi connectivity index (χ1) is 13.3. The van der Waals surface area contributed by atoms with Crippen LogP contribution in [0.3, 0.4) is 0 Å². The Kier molecular flexibility index (Phi) is 5.51. The van der Waals surface area contributed by atoms with Crippen LogP contribution in [0.1, 0.15) is 28.4 Å². The highest BCUT2D eigenvalue weighted by Gasteiger charge is 2.39. The van der Waals surface area contributed by atoms with Gasteiger partial charge in [-0.2, -0.15) is 0 Å². The van der Waals surface area contributed by atoms with Gasteiger partial charge in [-0.1, -0.05) is 23.7 Å². The third-order valence-electron chi connectivity index (χ3n) is 4.30. The summed E-state index contributed by atoms with van der Waals surface area (Å²) >= 11 is 6.16. The predicted molar refractivity (Wildman–Crippen MR) is 107 cm³/mol. The molecule has 28 heavy (non-hydrogen) atoms. The van der Waals surface area contributed by atoms with Crippen molar-refractivity contribution in [3.63, 3.8) is 0 Å². The molecule has 1 heterocycles. The Hall–Kier alpha value is -3.12. The van der Waals surface area contributed by atoms with Gasteiger partial charge >= 0.3 is 5.97 Å². The molecule has 0 fully saturated rings. The first kappa shape index (κ1) is 19.6. The lowest BCUT2D eigenvalue weighted by Gasteiger charge is -2.18. The molecule has 0 radical (unpaired) electrons. The van der Waals surface area contributed by atoms with E-state index < -0.39 is 17.8 Å². The number of esters is 1. The Bertz CT molecular complexity index is 996. The molecule has 0 aromatic heterocycles. The number of nitrogens with one attached hydrogen (secondary N) is 1. The number of aryl methyl sites for hydroxylation is 2. The number of carbonyl (C=O) groups is 3. The van der Waals surface area contributed by atoms with E-state index in [1.807, 2.05) is 26.0 Å². The molecule has 0 bridgehead atoms. The van der Waals surface area contributed by atoms with E-state index in [1.165, 1.54) is 0 Å². The number of halogens is 1. The maximum absolute atomic E-state index is 12.9. The normalized spacial score (nSPS) is 13.9. The molecule has 144 valence electrons. The second kappa shape index (κ2) is 7.86. The molecule has 0 unspecified atom stereocenters. The Morgan fingerprint density at radius 2 is 1.75 bits per heavy atom. The monoisotopic (exact) mass is 398 g/mol. The summed E-state index contributed by atoms with van der Waals surface area (Å²) in [6.45, 7) is 5.72. The predicted octanol–water partition coefficient (Wildman–Crippen LogP) is 3.92. The summed E-state index contributed by atoms with van der Waals surface area (Å²) in [6, 6.07) is 11.9. The van der Waals surface area contributed by atoms with Crippen LogP contribution in [-0.4, -0.2) is 24.4 Å². The average Bonchev–Trinajstić information content (AvgIpc) is 2.88. The molecule has 1 aliphatic rings. The number of carbonyl (C=O) groups excluding carboxylic acids is 3. The average molecular weight is 399 g/mol. The van der Waals surface area contributed by atoms with Crippen LogP contribution in [0.2, 0.25) is 0 Å². The van der Waals surface area contributed by atoms with Gasteiger partial charge in [-0.3, -0.25) is 9.59 Å². The fourth-order valence-electron chi connectivity index (χ4n) is 2.84. The van der Waals surface area contributed by atoms with Crippen LogP contribution < -0.4 is 10.2 Å². The van der Waals surface area contributed by atoms with Crippen LogP contribution >= 0.6 is 11.6 Å². The molecule has 2 amide bonds. The zero-order chi connectivity index (χ0) is 20.4. The summed E-state index contributed by atoms with van der Waals surface area (Å²) in [5.41, 5.74) is 3.12.